The molecular formula is C22H21N3O2S. The Morgan fingerprint density at radius 3 is 2.32 bits per heavy atom. The Kier molecular flexibility index (Phi) is 4.98. The van der Waals surface area contributed by atoms with Gasteiger partial charge in [0.2, 0.25) is 10.0 Å². The monoisotopic (exact) mass is 391 g/mol. The zero-order valence-electron chi connectivity index (χ0n) is 15.5. The molecule has 0 amide bonds. The number of benzene rings is 3. The van der Waals surface area contributed by atoms with Gasteiger partial charge in [0.25, 0.3) is 0 Å². The number of aromatic nitrogens is 2. The van der Waals surface area contributed by atoms with Crippen LogP contribution in [0.2, 0.25) is 0 Å². The molecule has 0 saturated heterocycles. The second kappa shape index (κ2) is 7.58. The molecule has 4 aromatic rings. The van der Waals surface area contributed by atoms with Crippen molar-refractivity contribution in [2.24, 2.45) is 0 Å². The molecule has 1 aromatic heterocycles. The number of rotatable bonds is 6. The van der Waals surface area contributed by atoms with Crippen molar-refractivity contribution in [1.82, 2.24) is 14.3 Å². The largest absolute Gasteiger partial charge is 0.323 e. The summed E-state index contributed by atoms with van der Waals surface area (Å²) in [5.74, 6) is 0.830. The van der Waals surface area contributed by atoms with E-state index in [9.17, 15) is 8.42 Å². The van der Waals surface area contributed by atoms with Gasteiger partial charge in [-0.05, 0) is 31.2 Å². The molecule has 3 aromatic carbocycles. The molecule has 6 heteroatoms. The summed E-state index contributed by atoms with van der Waals surface area (Å²) in [5.41, 5.74) is 3.90. The molecule has 1 N–H and O–H groups in total. The topological polar surface area (TPSA) is 64.0 Å². The summed E-state index contributed by atoms with van der Waals surface area (Å²) in [7, 11) is -3.54. The lowest BCUT2D eigenvalue weighted by atomic mass is 10.2. The van der Waals surface area contributed by atoms with E-state index < -0.39 is 10.0 Å². The molecule has 0 fully saturated rings. The maximum absolute atomic E-state index is 12.6. The number of hydrogen-bond acceptors (Lipinski definition) is 3. The molecule has 0 spiro atoms. The van der Waals surface area contributed by atoms with Gasteiger partial charge in [-0.1, -0.05) is 60.2 Å². The average molecular weight is 391 g/mol. The molecule has 0 aliphatic rings. The van der Waals surface area contributed by atoms with Crippen LogP contribution in [0.3, 0.4) is 0 Å². The fraction of sp³-hybridized carbons (Fsp3) is 0.136. The van der Waals surface area contributed by atoms with E-state index in [1.807, 2.05) is 61.5 Å². The zero-order valence-corrected chi connectivity index (χ0v) is 16.4. The zero-order chi connectivity index (χ0) is 19.6. The molecule has 0 bridgehead atoms. The van der Waals surface area contributed by atoms with Crippen LogP contribution in [-0.4, -0.2) is 24.5 Å². The van der Waals surface area contributed by atoms with Gasteiger partial charge < -0.3 is 4.57 Å². The first kappa shape index (κ1) is 18.4. The van der Waals surface area contributed by atoms with E-state index in [0.29, 0.717) is 6.54 Å². The van der Waals surface area contributed by atoms with Gasteiger partial charge in [-0.15, -0.1) is 0 Å². The van der Waals surface area contributed by atoms with Gasteiger partial charge in [-0.3, -0.25) is 0 Å². The average Bonchev–Trinajstić information content (AvgIpc) is 3.08. The van der Waals surface area contributed by atoms with Crippen molar-refractivity contribution < 1.29 is 8.42 Å². The highest BCUT2D eigenvalue weighted by Gasteiger charge is 2.15. The first-order chi connectivity index (χ1) is 13.5. The highest BCUT2D eigenvalue weighted by atomic mass is 32.2. The van der Waals surface area contributed by atoms with E-state index in [4.69, 9.17) is 4.98 Å². The molecule has 4 rings (SSSR count). The number of hydrogen-bond donors (Lipinski definition) is 1. The van der Waals surface area contributed by atoms with E-state index in [1.54, 1.807) is 24.3 Å². The fourth-order valence-corrected chi connectivity index (χ4v) is 4.22. The lowest BCUT2D eigenvalue weighted by molar-refractivity contribution is 0.574. The lowest BCUT2D eigenvalue weighted by Crippen LogP contribution is -2.27. The minimum Gasteiger partial charge on any atom is -0.323 e. The number of para-hydroxylation sites is 2. The summed E-state index contributed by atoms with van der Waals surface area (Å²) in [4.78, 5) is 5.03. The van der Waals surface area contributed by atoms with Gasteiger partial charge in [0.15, 0.2) is 0 Å². The Hall–Kier alpha value is -2.96. The smallest absolute Gasteiger partial charge is 0.240 e. The maximum atomic E-state index is 12.6. The molecule has 1 heterocycles. The molecule has 0 aliphatic heterocycles. The predicted molar refractivity (Wildman–Crippen MR) is 112 cm³/mol. The minimum absolute atomic E-state index is 0.274. The number of sulfonamides is 1. The lowest BCUT2D eigenvalue weighted by Gasteiger charge is -2.11. The van der Waals surface area contributed by atoms with Gasteiger partial charge in [0, 0.05) is 18.7 Å². The Morgan fingerprint density at radius 1 is 0.893 bits per heavy atom. The second-order valence-electron chi connectivity index (χ2n) is 6.65. The predicted octanol–water partition coefficient (Wildman–Crippen LogP) is 3.99. The highest BCUT2D eigenvalue weighted by Crippen LogP contribution is 2.24. The molecule has 0 aliphatic carbocycles. The highest BCUT2D eigenvalue weighted by molar-refractivity contribution is 7.89. The minimum atomic E-state index is -3.54. The Labute approximate surface area is 164 Å². The molecule has 142 valence electrons. The number of imidazole rings is 1. The number of fused-ring (bicyclic) bond motifs is 1. The molecule has 0 saturated carbocycles. The van der Waals surface area contributed by atoms with Crippen molar-refractivity contribution >= 4 is 21.1 Å². The van der Waals surface area contributed by atoms with Crippen LogP contribution in [0.15, 0.2) is 83.8 Å². The fourth-order valence-electron chi connectivity index (χ4n) is 3.20. The van der Waals surface area contributed by atoms with Gasteiger partial charge in [0.05, 0.1) is 15.9 Å². The summed E-state index contributed by atoms with van der Waals surface area (Å²) in [6.07, 6.45) is 0. The van der Waals surface area contributed by atoms with Crippen LogP contribution in [0.1, 0.15) is 5.56 Å². The van der Waals surface area contributed by atoms with Crippen LogP contribution >= 0.6 is 0 Å². The van der Waals surface area contributed by atoms with E-state index in [0.717, 1.165) is 28.0 Å². The molecule has 0 atom stereocenters. The van der Waals surface area contributed by atoms with E-state index in [2.05, 4.69) is 9.29 Å². The quantitative estimate of drug-likeness (QED) is 0.540. The van der Waals surface area contributed by atoms with Crippen LogP contribution in [-0.2, 0) is 16.6 Å². The summed E-state index contributed by atoms with van der Waals surface area (Å²) < 4.78 is 29.9. The first-order valence-corrected chi connectivity index (χ1v) is 10.6. The maximum Gasteiger partial charge on any atom is 0.240 e. The standard InChI is InChI=1S/C22H21N3O2S/c1-17-11-13-19(14-12-17)28(26,27)23-15-16-25-21-10-6-5-9-20(21)24-22(25)18-7-3-2-4-8-18/h2-14,23H,15-16H2,1H3. The summed E-state index contributed by atoms with van der Waals surface area (Å²) in [5, 5.41) is 0. The SMILES string of the molecule is Cc1ccc(S(=O)(=O)NCCn2c(-c3ccccc3)nc3ccccc32)cc1. The van der Waals surface area contributed by atoms with Gasteiger partial charge in [-0.2, -0.15) is 0 Å². The van der Waals surface area contributed by atoms with Crippen LogP contribution in [0.4, 0.5) is 0 Å². The third-order valence-electron chi connectivity index (χ3n) is 4.65. The van der Waals surface area contributed by atoms with E-state index in [1.165, 1.54) is 0 Å². The Morgan fingerprint density at radius 2 is 1.57 bits per heavy atom. The first-order valence-electron chi connectivity index (χ1n) is 9.12. The summed E-state index contributed by atoms with van der Waals surface area (Å²) in [6.45, 7) is 2.69. The Balaban J connectivity index is 1.60. The summed E-state index contributed by atoms with van der Waals surface area (Å²) in [6, 6.07) is 24.7. The molecule has 0 unspecified atom stereocenters. The molecular weight excluding hydrogens is 370 g/mol. The van der Waals surface area contributed by atoms with Crippen LogP contribution in [0, 0.1) is 6.92 Å². The number of aryl methyl sites for hydroxylation is 1. The number of nitrogens with zero attached hydrogens (tertiary/aromatic N) is 2. The van der Waals surface area contributed by atoms with E-state index >= 15 is 0 Å². The second-order valence-corrected chi connectivity index (χ2v) is 8.42. The van der Waals surface area contributed by atoms with Gasteiger partial charge >= 0.3 is 0 Å². The molecule has 5 nitrogen and oxygen atoms in total. The van der Waals surface area contributed by atoms with Crippen LogP contribution < -0.4 is 4.72 Å². The Bertz CT molecular complexity index is 1200. The van der Waals surface area contributed by atoms with Crippen molar-refractivity contribution in [2.45, 2.75) is 18.4 Å². The van der Waals surface area contributed by atoms with Crippen molar-refractivity contribution in [1.29, 1.82) is 0 Å². The number of nitrogens with one attached hydrogen (secondary N) is 1. The van der Waals surface area contributed by atoms with Crippen molar-refractivity contribution in [3.8, 4) is 11.4 Å². The summed E-state index contributed by atoms with van der Waals surface area (Å²) >= 11 is 0. The third kappa shape index (κ3) is 3.69. The van der Waals surface area contributed by atoms with Crippen LogP contribution in [0.25, 0.3) is 22.4 Å². The molecule has 0 radical (unpaired) electrons. The van der Waals surface area contributed by atoms with Crippen molar-refractivity contribution in [2.75, 3.05) is 6.54 Å². The van der Waals surface area contributed by atoms with E-state index in [-0.39, 0.29) is 11.4 Å². The van der Waals surface area contributed by atoms with Crippen molar-refractivity contribution in [3.63, 3.8) is 0 Å². The molecule has 28 heavy (non-hydrogen) atoms. The normalized spacial score (nSPS) is 11.8. The van der Waals surface area contributed by atoms with Gasteiger partial charge in [-0.25, -0.2) is 18.1 Å². The third-order valence-corrected chi connectivity index (χ3v) is 6.12. The van der Waals surface area contributed by atoms with Crippen molar-refractivity contribution in [3.05, 3.63) is 84.4 Å². The van der Waals surface area contributed by atoms with Gasteiger partial charge in [0.1, 0.15) is 5.82 Å². The van der Waals surface area contributed by atoms with Crippen LogP contribution in [0.5, 0.6) is 0 Å².